The third kappa shape index (κ3) is 1.55. The van der Waals surface area contributed by atoms with E-state index in [1.54, 1.807) is 6.08 Å². The van der Waals surface area contributed by atoms with Crippen LogP contribution in [0, 0.1) is 6.92 Å². The number of aromatic hydroxyl groups is 1. The van der Waals surface area contributed by atoms with Gasteiger partial charge in [-0.05, 0) is 6.92 Å². The molecule has 5 heteroatoms. The van der Waals surface area contributed by atoms with E-state index in [4.69, 9.17) is 0 Å². The maximum atomic E-state index is 11.6. The molecule has 2 aromatic rings. The molecule has 0 aromatic carbocycles. The molecule has 0 atom stereocenters. The van der Waals surface area contributed by atoms with Crippen molar-refractivity contribution in [1.29, 1.82) is 0 Å². The lowest BCUT2D eigenvalue weighted by Gasteiger charge is -2.03. The molecule has 2 heterocycles. The largest absolute Gasteiger partial charge is 0.506 e. The first-order chi connectivity index (χ1) is 7.13. The lowest BCUT2D eigenvalue weighted by molar-refractivity contribution is 0.480. The Bertz CT molecular complexity index is 583. The molecule has 4 nitrogen and oxygen atoms in total. The summed E-state index contributed by atoms with van der Waals surface area (Å²) in [6.45, 7) is 5.83. The molecular formula is C10H10N2O2S. The fraction of sp³-hybridized carbons (Fsp3) is 0.200. The lowest BCUT2D eigenvalue weighted by atomic mass is 10.4. The van der Waals surface area contributed by atoms with Crippen molar-refractivity contribution < 1.29 is 5.11 Å². The number of pyridine rings is 1. The van der Waals surface area contributed by atoms with E-state index in [1.807, 2.05) is 6.92 Å². The summed E-state index contributed by atoms with van der Waals surface area (Å²) in [6.07, 6.45) is 1.63. The molecule has 0 spiro atoms. The number of thiazole rings is 1. The Balaban J connectivity index is 2.88. The Labute approximate surface area is 90.1 Å². The van der Waals surface area contributed by atoms with E-state index in [0.717, 1.165) is 5.01 Å². The van der Waals surface area contributed by atoms with Crippen LogP contribution in [0.2, 0.25) is 0 Å². The molecule has 0 aliphatic carbocycles. The predicted molar refractivity (Wildman–Crippen MR) is 60.5 cm³/mol. The molecule has 0 fully saturated rings. The predicted octanol–water partition coefficient (Wildman–Crippen LogP) is 1.66. The lowest BCUT2D eigenvalue weighted by Crippen LogP contribution is -2.18. The number of hydrogen-bond donors (Lipinski definition) is 1. The van der Waals surface area contributed by atoms with Crippen LogP contribution < -0.4 is 5.56 Å². The molecular weight excluding hydrogens is 212 g/mol. The zero-order valence-electron chi connectivity index (χ0n) is 8.23. The van der Waals surface area contributed by atoms with Crippen molar-refractivity contribution >= 4 is 21.7 Å². The number of aromatic nitrogens is 2. The number of hydrogen-bond acceptors (Lipinski definition) is 4. The normalized spacial score (nSPS) is 10.7. The molecule has 1 N–H and O–H groups in total. The molecule has 0 amide bonds. The topological polar surface area (TPSA) is 55.1 Å². The highest BCUT2D eigenvalue weighted by atomic mass is 32.1. The van der Waals surface area contributed by atoms with E-state index in [-0.39, 0.29) is 11.3 Å². The van der Waals surface area contributed by atoms with E-state index in [1.165, 1.54) is 22.0 Å². The third-order valence-corrected chi connectivity index (χ3v) is 3.02. The van der Waals surface area contributed by atoms with Crippen LogP contribution in [-0.4, -0.2) is 14.7 Å². The monoisotopic (exact) mass is 222 g/mol. The number of rotatable bonds is 2. The first-order valence-electron chi connectivity index (χ1n) is 4.44. The summed E-state index contributed by atoms with van der Waals surface area (Å²) < 4.78 is 2.14. The molecule has 2 rings (SSSR count). The maximum absolute atomic E-state index is 11.6. The van der Waals surface area contributed by atoms with Crippen molar-refractivity contribution in [1.82, 2.24) is 9.55 Å². The summed E-state index contributed by atoms with van der Waals surface area (Å²) in [4.78, 5) is 15.8. The van der Waals surface area contributed by atoms with E-state index >= 15 is 0 Å². The summed E-state index contributed by atoms with van der Waals surface area (Å²) in [5.74, 6) is 0.000845. The van der Waals surface area contributed by atoms with Crippen molar-refractivity contribution in [3.8, 4) is 5.75 Å². The first kappa shape index (κ1) is 9.92. The van der Waals surface area contributed by atoms with Gasteiger partial charge in [-0.3, -0.25) is 9.36 Å². The van der Waals surface area contributed by atoms with E-state index < -0.39 is 0 Å². The second-order valence-electron chi connectivity index (χ2n) is 3.15. The van der Waals surface area contributed by atoms with Crippen LogP contribution in [0.5, 0.6) is 5.75 Å². The van der Waals surface area contributed by atoms with Crippen LogP contribution in [0.3, 0.4) is 0 Å². The fourth-order valence-corrected chi connectivity index (χ4v) is 2.27. The van der Waals surface area contributed by atoms with Crippen LogP contribution in [-0.2, 0) is 6.54 Å². The standard InChI is InChI=1S/C10H10N2O2S/c1-3-4-12-8(14)5-7(13)9-10(12)11-6(2)15-9/h3,5,13H,1,4H2,2H3. The Hall–Kier alpha value is -1.62. The molecule has 0 bridgehead atoms. The number of allylic oxidation sites excluding steroid dienone is 1. The van der Waals surface area contributed by atoms with Crippen LogP contribution in [0.1, 0.15) is 5.01 Å². The molecule has 0 saturated heterocycles. The maximum Gasteiger partial charge on any atom is 0.256 e. The molecule has 0 aliphatic rings. The van der Waals surface area contributed by atoms with E-state index in [2.05, 4.69) is 11.6 Å². The van der Waals surface area contributed by atoms with Gasteiger partial charge in [-0.15, -0.1) is 17.9 Å². The Morgan fingerprint density at radius 2 is 2.47 bits per heavy atom. The summed E-state index contributed by atoms with van der Waals surface area (Å²) >= 11 is 1.37. The number of aryl methyl sites for hydroxylation is 1. The highest BCUT2D eigenvalue weighted by Gasteiger charge is 2.11. The summed E-state index contributed by atoms with van der Waals surface area (Å²) in [6, 6.07) is 1.21. The van der Waals surface area contributed by atoms with Crippen LogP contribution >= 0.6 is 11.3 Å². The third-order valence-electron chi connectivity index (χ3n) is 2.04. The molecule has 15 heavy (non-hydrogen) atoms. The number of nitrogens with zero attached hydrogens (tertiary/aromatic N) is 2. The zero-order chi connectivity index (χ0) is 11.0. The van der Waals surface area contributed by atoms with Crippen molar-refractivity contribution in [3.05, 3.63) is 34.1 Å². The van der Waals surface area contributed by atoms with Gasteiger partial charge in [0.1, 0.15) is 10.4 Å². The van der Waals surface area contributed by atoms with E-state index in [9.17, 15) is 9.90 Å². The fourth-order valence-electron chi connectivity index (χ4n) is 1.44. The summed E-state index contributed by atoms with van der Waals surface area (Å²) in [7, 11) is 0. The average molecular weight is 222 g/mol. The van der Waals surface area contributed by atoms with Gasteiger partial charge >= 0.3 is 0 Å². The van der Waals surface area contributed by atoms with Crippen LogP contribution in [0.25, 0.3) is 10.3 Å². The van der Waals surface area contributed by atoms with Crippen LogP contribution in [0.4, 0.5) is 0 Å². The van der Waals surface area contributed by atoms with Gasteiger partial charge in [0.15, 0.2) is 5.65 Å². The van der Waals surface area contributed by atoms with Crippen molar-refractivity contribution in [3.63, 3.8) is 0 Å². The highest BCUT2D eigenvalue weighted by Crippen LogP contribution is 2.28. The van der Waals surface area contributed by atoms with Gasteiger partial charge < -0.3 is 5.11 Å². The molecule has 78 valence electrons. The van der Waals surface area contributed by atoms with Crippen molar-refractivity contribution in [2.75, 3.05) is 0 Å². The minimum atomic E-state index is -0.259. The molecule has 0 saturated carbocycles. The minimum Gasteiger partial charge on any atom is -0.506 e. The van der Waals surface area contributed by atoms with Gasteiger partial charge in [0.2, 0.25) is 0 Å². The number of fused-ring (bicyclic) bond motifs is 1. The Morgan fingerprint density at radius 1 is 1.73 bits per heavy atom. The van der Waals surface area contributed by atoms with Gasteiger partial charge in [0.05, 0.1) is 5.01 Å². The smallest absolute Gasteiger partial charge is 0.256 e. The van der Waals surface area contributed by atoms with E-state index in [0.29, 0.717) is 16.9 Å². The summed E-state index contributed by atoms with van der Waals surface area (Å²) in [5, 5.41) is 10.4. The molecule has 2 aromatic heterocycles. The zero-order valence-corrected chi connectivity index (χ0v) is 9.04. The Kier molecular flexibility index (Phi) is 2.32. The van der Waals surface area contributed by atoms with Gasteiger partial charge in [0.25, 0.3) is 5.56 Å². The summed E-state index contributed by atoms with van der Waals surface area (Å²) in [5.41, 5.74) is 0.271. The molecule has 0 aliphatic heterocycles. The van der Waals surface area contributed by atoms with Gasteiger partial charge in [-0.25, -0.2) is 4.98 Å². The molecule has 0 radical (unpaired) electrons. The quantitative estimate of drug-likeness (QED) is 0.786. The second kappa shape index (κ2) is 3.51. The van der Waals surface area contributed by atoms with Crippen molar-refractivity contribution in [2.24, 2.45) is 0 Å². The second-order valence-corrected chi connectivity index (χ2v) is 4.36. The van der Waals surface area contributed by atoms with Gasteiger partial charge in [-0.2, -0.15) is 0 Å². The molecule has 0 unspecified atom stereocenters. The SMILES string of the molecule is C=CCn1c(=O)cc(O)c2sc(C)nc21. The minimum absolute atomic E-state index is 0.000845. The van der Waals surface area contributed by atoms with Crippen molar-refractivity contribution in [2.45, 2.75) is 13.5 Å². The Morgan fingerprint density at radius 3 is 3.13 bits per heavy atom. The highest BCUT2D eigenvalue weighted by molar-refractivity contribution is 7.18. The van der Waals surface area contributed by atoms with Crippen LogP contribution in [0.15, 0.2) is 23.5 Å². The van der Waals surface area contributed by atoms with Gasteiger partial charge in [-0.1, -0.05) is 6.08 Å². The average Bonchev–Trinajstić information content (AvgIpc) is 2.55. The first-order valence-corrected chi connectivity index (χ1v) is 5.26. The van der Waals surface area contributed by atoms with Gasteiger partial charge in [0, 0.05) is 12.6 Å².